The molecular weight excluding hydrogens is 333 g/mol. The number of carbonyl (C=O) groups is 1. The van der Waals surface area contributed by atoms with Gasteiger partial charge in [0, 0.05) is 37.2 Å². The zero-order valence-corrected chi connectivity index (χ0v) is 15.2. The van der Waals surface area contributed by atoms with Crippen LogP contribution >= 0.6 is 0 Å². The fourth-order valence-electron chi connectivity index (χ4n) is 3.30. The second-order valence-corrected chi connectivity index (χ2v) is 7.17. The molecule has 1 aromatic heterocycles. The first kappa shape index (κ1) is 18.3. The van der Waals surface area contributed by atoms with Crippen LogP contribution < -0.4 is 5.56 Å². The van der Waals surface area contributed by atoms with Gasteiger partial charge in [0.05, 0.1) is 5.69 Å². The van der Waals surface area contributed by atoms with Gasteiger partial charge in [-0.15, -0.1) is 0 Å². The van der Waals surface area contributed by atoms with Crippen molar-refractivity contribution in [2.75, 3.05) is 13.1 Å². The maximum absolute atomic E-state index is 13.1. The molecule has 1 aliphatic heterocycles. The zero-order chi connectivity index (χ0) is 18.7. The lowest BCUT2D eigenvalue weighted by Gasteiger charge is -2.33. The van der Waals surface area contributed by atoms with Crippen LogP contribution in [0.15, 0.2) is 41.2 Å². The molecule has 6 heteroatoms. The number of likely N-dealkylation sites (tertiary alicyclic amines) is 1. The molecule has 0 aliphatic carbocycles. The molecule has 2 aromatic rings. The number of amides is 1. The van der Waals surface area contributed by atoms with Crippen molar-refractivity contribution in [3.05, 3.63) is 52.6 Å². The van der Waals surface area contributed by atoms with E-state index in [0.717, 1.165) is 31.5 Å². The molecule has 0 saturated carbocycles. The lowest BCUT2D eigenvalue weighted by Crippen LogP contribution is -2.42. The van der Waals surface area contributed by atoms with E-state index in [1.165, 1.54) is 22.9 Å². The molecule has 2 heterocycles. The van der Waals surface area contributed by atoms with Crippen molar-refractivity contribution >= 4 is 5.91 Å². The summed E-state index contributed by atoms with van der Waals surface area (Å²) in [5.74, 6) is 0.227. The normalized spacial score (nSPS) is 15.5. The minimum absolute atomic E-state index is 0.0169. The molecule has 5 nitrogen and oxygen atoms in total. The maximum Gasteiger partial charge on any atom is 0.266 e. The van der Waals surface area contributed by atoms with E-state index in [-0.39, 0.29) is 23.2 Å². The van der Waals surface area contributed by atoms with Crippen LogP contribution in [0.1, 0.15) is 26.7 Å². The first-order valence-corrected chi connectivity index (χ1v) is 9.07. The monoisotopic (exact) mass is 357 g/mol. The number of benzene rings is 1. The molecule has 138 valence electrons. The molecule has 3 rings (SSSR count). The number of carbonyl (C=O) groups excluding carboxylic acids is 1. The fraction of sp³-hybridized carbons (Fsp3) is 0.450. The number of hydrogen-bond acceptors (Lipinski definition) is 3. The summed E-state index contributed by atoms with van der Waals surface area (Å²) in [6, 6.07) is 9.24. The van der Waals surface area contributed by atoms with Crippen LogP contribution in [-0.4, -0.2) is 33.7 Å². The molecule has 0 atom stereocenters. The molecular formula is C20H24FN3O2. The summed E-state index contributed by atoms with van der Waals surface area (Å²) in [5.41, 5.74) is 1.28. The number of rotatable bonds is 4. The summed E-state index contributed by atoms with van der Waals surface area (Å²) in [7, 11) is 0. The molecule has 1 amide bonds. The Labute approximate surface area is 152 Å². The summed E-state index contributed by atoms with van der Waals surface area (Å²) in [5, 5.41) is 4.45. The molecule has 1 aliphatic rings. The Bertz CT molecular complexity index is 822. The maximum atomic E-state index is 13.1. The van der Waals surface area contributed by atoms with Gasteiger partial charge >= 0.3 is 0 Å². The van der Waals surface area contributed by atoms with Gasteiger partial charge in [-0.1, -0.05) is 13.8 Å². The molecule has 0 bridgehead atoms. The summed E-state index contributed by atoms with van der Waals surface area (Å²) >= 11 is 0. The minimum atomic E-state index is -0.301. The van der Waals surface area contributed by atoms with E-state index in [4.69, 9.17) is 0 Å². The highest BCUT2D eigenvalue weighted by Gasteiger charge is 2.24. The van der Waals surface area contributed by atoms with Crippen molar-refractivity contribution in [2.45, 2.75) is 33.2 Å². The zero-order valence-electron chi connectivity index (χ0n) is 15.2. The Balaban J connectivity index is 1.69. The lowest BCUT2D eigenvalue weighted by atomic mass is 9.96. The van der Waals surface area contributed by atoms with E-state index in [1.807, 2.05) is 18.7 Å². The highest BCUT2D eigenvalue weighted by molar-refractivity contribution is 5.78. The molecule has 0 unspecified atom stereocenters. The molecule has 1 saturated heterocycles. The fourth-order valence-corrected chi connectivity index (χ4v) is 3.30. The van der Waals surface area contributed by atoms with Crippen molar-refractivity contribution in [3.8, 4) is 11.3 Å². The summed E-state index contributed by atoms with van der Waals surface area (Å²) < 4.78 is 14.6. The third-order valence-electron chi connectivity index (χ3n) is 4.86. The summed E-state index contributed by atoms with van der Waals surface area (Å²) in [6.45, 7) is 5.83. The Morgan fingerprint density at radius 1 is 1.15 bits per heavy atom. The van der Waals surface area contributed by atoms with E-state index in [1.54, 1.807) is 18.2 Å². The minimum Gasteiger partial charge on any atom is -0.342 e. The first-order valence-electron chi connectivity index (χ1n) is 9.07. The molecule has 0 radical (unpaired) electrons. The van der Waals surface area contributed by atoms with Crippen LogP contribution in [0.5, 0.6) is 0 Å². The smallest absolute Gasteiger partial charge is 0.266 e. The lowest BCUT2D eigenvalue weighted by molar-refractivity contribution is -0.135. The van der Waals surface area contributed by atoms with E-state index >= 15 is 0 Å². The number of nitrogens with zero attached hydrogens (tertiary/aromatic N) is 3. The molecule has 1 fully saturated rings. The van der Waals surface area contributed by atoms with Crippen LogP contribution in [0.4, 0.5) is 4.39 Å². The Morgan fingerprint density at radius 2 is 1.81 bits per heavy atom. The predicted molar refractivity (Wildman–Crippen MR) is 98.0 cm³/mol. The third-order valence-corrected chi connectivity index (χ3v) is 4.86. The molecule has 0 N–H and O–H groups in total. The van der Waals surface area contributed by atoms with Gasteiger partial charge < -0.3 is 4.90 Å². The topological polar surface area (TPSA) is 55.2 Å². The number of hydrogen-bond donors (Lipinski definition) is 0. The van der Waals surface area contributed by atoms with Crippen LogP contribution in [0.2, 0.25) is 0 Å². The number of halogens is 1. The van der Waals surface area contributed by atoms with Crippen molar-refractivity contribution in [1.82, 2.24) is 14.7 Å². The Hall–Kier alpha value is -2.50. The molecule has 26 heavy (non-hydrogen) atoms. The van der Waals surface area contributed by atoms with Gasteiger partial charge in [-0.25, -0.2) is 9.07 Å². The average Bonchev–Trinajstić information content (AvgIpc) is 2.64. The van der Waals surface area contributed by atoms with Gasteiger partial charge in [0.2, 0.25) is 5.91 Å². The average molecular weight is 357 g/mol. The largest absolute Gasteiger partial charge is 0.342 e. The second kappa shape index (κ2) is 7.81. The van der Waals surface area contributed by atoms with Crippen LogP contribution in [-0.2, 0) is 11.3 Å². The van der Waals surface area contributed by atoms with Crippen LogP contribution in [0, 0.1) is 17.7 Å². The van der Waals surface area contributed by atoms with E-state index in [0.29, 0.717) is 18.2 Å². The highest BCUT2D eigenvalue weighted by atomic mass is 19.1. The SMILES string of the molecule is CC(C)C(=O)N1CCC(Cn2nc(-c3ccc(F)cc3)ccc2=O)CC1. The number of aromatic nitrogens is 2. The third kappa shape index (κ3) is 4.18. The van der Waals surface area contributed by atoms with Crippen molar-refractivity contribution in [1.29, 1.82) is 0 Å². The number of piperidine rings is 1. The van der Waals surface area contributed by atoms with Gasteiger partial charge in [0.25, 0.3) is 5.56 Å². The Kier molecular flexibility index (Phi) is 5.49. The first-order chi connectivity index (χ1) is 12.4. The van der Waals surface area contributed by atoms with Gasteiger partial charge in [-0.2, -0.15) is 5.10 Å². The Morgan fingerprint density at radius 3 is 2.42 bits per heavy atom. The van der Waals surface area contributed by atoms with Crippen molar-refractivity contribution < 1.29 is 9.18 Å². The molecule has 1 aromatic carbocycles. The van der Waals surface area contributed by atoms with Crippen LogP contribution in [0.25, 0.3) is 11.3 Å². The van der Waals surface area contributed by atoms with Gasteiger partial charge in [0.15, 0.2) is 0 Å². The summed E-state index contributed by atoms with van der Waals surface area (Å²) in [6.07, 6.45) is 1.74. The van der Waals surface area contributed by atoms with Gasteiger partial charge in [-0.05, 0) is 49.1 Å². The second-order valence-electron chi connectivity index (χ2n) is 7.17. The van der Waals surface area contributed by atoms with E-state index in [9.17, 15) is 14.0 Å². The molecule has 0 spiro atoms. The quantitative estimate of drug-likeness (QED) is 0.845. The van der Waals surface area contributed by atoms with E-state index < -0.39 is 0 Å². The summed E-state index contributed by atoms with van der Waals surface area (Å²) in [4.78, 5) is 26.2. The predicted octanol–water partition coefficient (Wildman–Crippen LogP) is 2.94. The van der Waals surface area contributed by atoms with Crippen LogP contribution in [0.3, 0.4) is 0 Å². The highest BCUT2D eigenvalue weighted by Crippen LogP contribution is 2.21. The standard InChI is InChI=1S/C20H24FN3O2/c1-14(2)20(26)23-11-9-15(10-12-23)13-24-19(25)8-7-18(22-24)16-3-5-17(21)6-4-16/h3-8,14-15H,9-13H2,1-2H3. The van der Waals surface area contributed by atoms with Gasteiger partial charge in [-0.3, -0.25) is 9.59 Å². The van der Waals surface area contributed by atoms with E-state index in [2.05, 4.69) is 5.10 Å². The van der Waals surface area contributed by atoms with Gasteiger partial charge in [0.1, 0.15) is 5.82 Å². The van der Waals surface area contributed by atoms with Crippen molar-refractivity contribution in [2.24, 2.45) is 11.8 Å². The van der Waals surface area contributed by atoms with Crippen molar-refractivity contribution in [3.63, 3.8) is 0 Å².